The number of amides is 2. The molecule has 2 aromatic rings. The van der Waals surface area contributed by atoms with Crippen LogP contribution in [0.4, 0.5) is 4.79 Å². The Morgan fingerprint density at radius 1 is 1.03 bits per heavy atom. The summed E-state index contributed by atoms with van der Waals surface area (Å²) in [6.07, 6.45) is 0.942. The van der Waals surface area contributed by atoms with Crippen molar-refractivity contribution in [3.05, 3.63) is 71.3 Å². The lowest BCUT2D eigenvalue weighted by molar-refractivity contribution is -0.142. The molecule has 3 rings (SSSR count). The molecular weight excluding hydrogens is 408 g/mol. The van der Waals surface area contributed by atoms with Crippen molar-refractivity contribution in [1.29, 1.82) is 0 Å². The Hall–Kier alpha value is -3.61. The van der Waals surface area contributed by atoms with Gasteiger partial charge in [-0.05, 0) is 35.1 Å². The largest absolute Gasteiger partial charge is 0.480 e. The van der Waals surface area contributed by atoms with Gasteiger partial charge in [0.2, 0.25) is 5.91 Å². The molecule has 1 aliphatic carbocycles. The van der Waals surface area contributed by atoms with E-state index in [1.807, 2.05) is 36.4 Å². The van der Waals surface area contributed by atoms with Crippen LogP contribution in [0.2, 0.25) is 0 Å². The van der Waals surface area contributed by atoms with Crippen molar-refractivity contribution in [3.63, 3.8) is 0 Å². The average molecular weight is 437 g/mol. The fourth-order valence-electron chi connectivity index (χ4n) is 3.80. The van der Waals surface area contributed by atoms with Gasteiger partial charge in [0.15, 0.2) is 0 Å². The summed E-state index contributed by atoms with van der Waals surface area (Å²) in [4.78, 5) is 35.6. The normalized spacial score (nSPS) is 13.8. The molecule has 2 aromatic carbocycles. The second kappa shape index (κ2) is 10.1. The topological polar surface area (TPSA) is 105 Å². The van der Waals surface area contributed by atoms with E-state index in [9.17, 15) is 19.5 Å². The number of benzene rings is 2. The lowest BCUT2D eigenvalue weighted by Gasteiger charge is -2.18. The van der Waals surface area contributed by atoms with Crippen molar-refractivity contribution >= 4 is 18.0 Å². The minimum Gasteiger partial charge on any atom is -0.480 e. The third-order valence-corrected chi connectivity index (χ3v) is 5.58. The summed E-state index contributed by atoms with van der Waals surface area (Å²) in [6, 6.07) is 15.2. The first kappa shape index (κ1) is 23.1. The van der Waals surface area contributed by atoms with E-state index in [1.54, 1.807) is 20.8 Å². The highest BCUT2D eigenvalue weighted by molar-refractivity contribution is 5.95. The van der Waals surface area contributed by atoms with Crippen molar-refractivity contribution < 1.29 is 24.2 Å². The lowest BCUT2D eigenvalue weighted by Crippen LogP contribution is -2.44. The van der Waals surface area contributed by atoms with Crippen LogP contribution in [0.1, 0.15) is 37.8 Å². The number of aliphatic carboxylic acids is 1. The maximum Gasteiger partial charge on any atom is 0.407 e. The summed E-state index contributed by atoms with van der Waals surface area (Å²) in [5.41, 5.74) is 4.89. The van der Waals surface area contributed by atoms with Crippen molar-refractivity contribution in [2.45, 2.75) is 32.7 Å². The van der Waals surface area contributed by atoms with E-state index in [4.69, 9.17) is 4.74 Å². The number of carboxylic acids is 1. The minimum atomic E-state index is -1.09. The number of fused-ring (bicyclic) bond motifs is 3. The first-order valence-corrected chi connectivity index (χ1v) is 10.6. The summed E-state index contributed by atoms with van der Waals surface area (Å²) >= 11 is 0. The predicted molar refractivity (Wildman–Crippen MR) is 121 cm³/mol. The monoisotopic (exact) mass is 436 g/mol. The van der Waals surface area contributed by atoms with Gasteiger partial charge in [-0.25, -0.2) is 9.59 Å². The molecule has 0 spiro atoms. The van der Waals surface area contributed by atoms with E-state index in [0.717, 1.165) is 22.3 Å². The Labute approximate surface area is 187 Å². The molecule has 2 amide bonds. The Kier molecular flexibility index (Phi) is 7.30. The molecule has 0 fully saturated rings. The molecule has 0 heterocycles. The predicted octanol–water partition coefficient (Wildman–Crippen LogP) is 3.70. The second-order valence-corrected chi connectivity index (χ2v) is 8.13. The summed E-state index contributed by atoms with van der Waals surface area (Å²) in [5.74, 6) is -1.85. The maximum atomic E-state index is 12.2. The Balaban J connectivity index is 1.53. The van der Waals surface area contributed by atoms with E-state index < -0.39 is 24.0 Å². The molecule has 0 saturated heterocycles. The van der Waals surface area contributed by atoms with Gasteiger partial charge < -0.3 is 20.5 Å². The van der Waals surface area contributed by atoms with E-state index in [2.05, 4.69) is 22.8 Å². The number of rotatable bonds is 8. The van der Waals surface area contributed by atoms with Crippen molar-refractivity contribution in [1.82, 2.24) is 10.6 Å². The number of alkyl carbamates (subject to hydrolysis) is 1. The first-order valence-electron chi connectivity index (χ1n) is 10.6. The molecule has 0 radical (unpaired) electrons. The number of hydrogen-bond acceptors (Lipinski definition) is 4. The molecule has 3 N–H and O–H groups in total. The van der Waals surface area contributed by atoms with Gasteiger partial charge in [0.05, 0.1) is 0 Å². The molecule has 32 heavy (non-hydrogen) atoms. The number of nitrogens with one attached hydrogen (secondary N) is 2. The molecule has 1 aliphatic rings. The van der Waals surface area contributed by atoms with Gasteiger partial charge in [-0.3, -0.25) is 4.79 Å². The highest BCUT2D eigenvalue weighted by Crippen LogP contribution is 2.44. The van der Waals surface area contributed by atoms with Gasteiger partial charge in [0, 0.05) is 18.0 Å². The van der Waals surface area contributed by atoms with Crippen LogP contribution in [-0.4, -0.2) is 42.3 Å². The van der Waals surface area contributed by atoms with Crippen LogP contribution in [-0.2, 0) is 14.3 Å². The molecule has 0 unspecified atom stereocenters. The standard InChI is InChI=1S/C25H28N2O5/c1-15(2)22(24(29)30)27-23(28)16(3)12-13-26-25(31)32-14-21-19-10-6-4-8-17(19)18-9-5-7-11-20(18)21/h4-12,15,21-22H,13-14H2,1-3H3,(H,26,31)(H,27,28)(H,29,30)/b16-12+/t22-/m0/s1. The highest BCUT2D eigenvalue weighted by atomic mass is 16.5. The Morgan fingerprint density at radius 2 is 1.59 bits per heavy atom. The van der Waals surface area contributed by atoms with Crippen molar-refractivity contribution in [3.8, 4) is 11.1 Å². The van der Waals surface area contributed by atoms with Crippen LogP contribution >= 0.6 is 0 Å². The number of carbonyl (C=O) groups is 3. The number of ether oxygens (including phenoxy) is 1. The van der Waals surface area contributed by atoms with E-state index in [1.165, 1.54) is 6.08 Å². The smallest absolute Gasteiger partial charge is 0.407 e. The number of carbonyl (C=O) groups excluding carboxylic acids is 2. The fourth-order valence-corrected chi connectivity index (χ4v) is 3.80. The minimum absolute atomic E-state index is 0.0276. The van der Waals surface area contributed by atoms with Gasteiger partial charge in [-0.15, -0.1) is 0 Å². The van der Waals surface area contributed by atoms with Crippen LogP contribution in [0.25, 0.3) is 11.1 Å². The fraction of sp³-hybridized carbons (Fsp3) is 0.320. The van der Waals surface area contributed by atoms with Gasteiger partial charge in [-0.2, -0.15) is 0 Å². The molecule has 7 heteroatoms. The summed E-state index contributed by atoms with van der Waals surface area (Å²) in [5, 5.41) is 14.3. The molecule has 7 nitrogen and oxygen atoms in total. The van der Waals surface area contributed by atoms with Crippen LogP contribution in [0.5, 0.6) is 0 Å². The zero-order valence-electron chi connectivity index (χ0n) is 18.4. The van der Waals surface area contributed by atoms with Gasteiger partial charge in [-0.1, -0.05) is 68.5 Å². The third-order valence-electron chi connectivity index (χ3n) is 5.58. The molecule has 0 aliphatic heterocycles. The van der Waals surface area contributed by atoms with E-state index in [-0.39, 0.29) is 25.0 Å². The third kappa shape index (κ3) is 5.17. The molecule has 0 aromatic heterocycles. The summed E-state index contributed by atoms with van der Waals surface area (Å²) < 4.78 is 5.45. The summed E-state index contributed by atoms with van der Waals surface area (Å²) in [6.45, 7) is 5.30. The highest BCUT2D eigenvalue weighted by Gasteiger charge is 2.29. The Morgan fingerprint density at radius 3 is 2.12 bits per heavy atom. The van der Waals surface area contributed by atoms with Crippen LogP contribution in [0.15, 0.2) is 60.2 Å². The quantitative estimate of drug-likeness (QED) is 0.548. The molecule has 0 bridgehead atoms. The number of carboxylic acid groups (broad SMARTS) is 1. The van der Waals surface area contributed by atoms with Crippen molar-refractivity contribution in [2.75, 3.05) is 13.2 Å². The average Bonchev–Trinajstić information content (AvgIpc) is 3.09. The maximum absolute atomic E-state index is 12.2. The van der Waals surface area contributed by atoms with Gasteiger partial charge in [0.1, 0.15) is 12.6 Å². The van der Waals surface area contributed by atoms with E-state index >= 15 is 0 Å². The molecule has 1 atom stereocenters. The van der Waals surface area contributed by atoms with Gasteiger partial charge >= 0.3 is 12.1 Å². The molecule has 0 saturated carbocycles. The van der Waals surface area contributed by atoms with E-state index in [0.29, 0.717) is 5.57 Å². The van der Waals surface area contributed by atoms with Crippen LogP contribution < -0.4 is 10.6 Å². The first-order chi connectivity index (χ1) is 15.3. The summed E-state index contributed by atoms with van der Waals surface area (Å²) in [7, 11) is 0. The second-order valence-electron chi connectivity index (χ2n) is 8.13. The number of hydrogen-bond donors (Lipinski definition) is 3. The van der Waals surface area contributed by atoms with Crippen LogP contribution in [0, 0.1) is 5.92 Å². The zero-order valence-corrected chi connectivity index (χ0v) is 18.4. The van der Waals surface area contributed by atoms with Gasteiger partial charge in [0.25, 0.3) is 0 Å². The van der Waals surface area contributed by atoms with Crippen LogP contribution in [0.3, 0.4) is 0 Å². The zero-order chi connectivity index (χ0) is 23.3. The SMILES string of the molecule is C/C(=C\CNC(=O)OCC1c2ccccc2-c2ccccc21)C(=O)N[C@H](C(=O)O)C(C)C. The Bertz CT molecular complexity index is 999. The molecular formula is C25H28N2O5. The molecule has 168 valence electrons. The lowest BCUT2D eigenvalue weighted by atomic mass is 9.98. The van der Waals surface area contributed by atoms with Crippen molar-refractivity contribution in [2.24, 2.45) is 5.92 Å².